The first-order valence-electron chi connectivity index (χ1n) is 7.71. The summed E-state index contributed by atoms with van der Waals surface area (Å²) >= 11 is 0. The third kappa shape index (κ3) is 2.34. The van der Waals surface area contributed by atoms with Gasteiger partial charge >= 0.3 is 0 Å². The summed E-state index contributed by atoms with van der Waals surface area (Å²) < 4.78 is 5.37. The largest absolute Gasteiger partial charge is 0.469 e. The lowest BCUT2D eigenvalue weighted by Gasteiger charge is -2.45. The van der Waals surface area contributed by atoms with Gasteiger partial charge in [-0.3, -0.25) is 9.59 Å². The monoisotopic (exact) mass is 290 g/mol. The van der Waals surface area contributed by atoms with Crippen molar-refractivity contribution in [3.63, 3.8) is 0 Å². The van der Waals surface area contributed by atoms with Crippen LogP contribution in [0.2, 0.25) is 0 Å². The summed E-state index contributed by atoms with van der Waals surface area (Å²) in [6.45, 7) is 3.78. The van der Waals surface area contributed by atoms with Crippen LogP contribution in [-0.4, -0.2) is 34.3 Å². The van der Waals surface area contributed by atoms with Gasteiger partial charge in [0, 0.05) is 12.5 Å². The van der Waals surface area contributed by atoms with Gasteiger partial charge in [0.25, 0.3) is 0 Å². The fourth-order valence-corrected chi connectivity index (χ4v) is 3.66. The first-order valence-corrected chi connectivity index (χ1v) is 7.71. The lowest BCUT2D eigenvalue weighted by molar-refractivity contribution is -0.156. The van der Waals surface area contributed by atoms with E-state index in [1.807, 2.05) is 19.1 Å². The summed E-state index contributed by atoms with van der Waals surface area (Å²) in [5.41, 5.74) is -0.652. The molecule has 2 unspecified atom stereocenters. The average molecular weight is 290 g/mol. The van der Waals surface area contributed by atoms with Crippen molar-refractivity contribution in [2.45, 2.75) is 63.6 Å². The minimum atomic E-state index is -0.652. The zero-order valence-electron chi connectivity index (χ0n) is 12.6. The van der Waals surface area contributed by atoms with Gasteiger partial charge in [-0.2, -0.15) is 0 Å². The lowest BCUT2D eigenvalue weighted by Crippen LogP contribution is -2.70. The molecule has 0 aromatic carbocycles. The van der Waals surface area contributed by atoms with Gasteiger partial charge in [0.15, 0.2) is 0 Å². The smallest absolute Gasteiger partial charge is 0.249 e. The highest BCUT2D eigenvalue weighted by Gasteiger charge is 2.51. The van der Waals surface area contributed by atoms with Crippen LogP contribution in [0.4, 0.5) is 0 Å². The highest BCUT2D eigenvalue weighted by Crippen LogP contribution is 2.35. The minimum Gasteiger partial charge on any atom is -0.469 e. The van der Waals surface area contributed by atoms with Gasteiger partial charge < -0.3 is 14.6 Å². The number of amides is 2. The molecule has 0 radical (unpaired) electrons. The second kappa shape index (κ2) is 5.20. The number of carbonyl (C=O) groups excluding carboxylic acids is 2. The Balaban J connectivity index is 1.83. The van der Waals surface area contributed by atoms with Gasteiger partial charge in [0.1, 0.15) is 17.3 Å². The molecule has 114 valence electrons. The second-order valence-corrected chi connectivity index (χ2v) is 6.30. The summed E-state index contributed by atoms with van der Waals surface area (Å²) in [7, 11) is 0. The predicted octanol–water partition coefficient (Wildman–Crippen LogP) is 1.87. The van der Waals surface area contributed by atoms with Gasteiger partial charge in [-0.15, -0.1) is 0 Å². The van der Waals surface area contributed by atoms with Gasteiger partial charge in [-0.25, -0.2) is 0 Å². The van der Waals surface area contributed by atoms with E-state index in [9.17, 15) is 9.59 Å². The van der Waals surface area contributed by atoms with Crippen molar-refractivity contribution in [3.8, 4) is 0 Å². The maximum atomic E-state index is 13.0. The summed E-state index contributed by atoms with van der Waals surface area (Å²) in [6.07, 6.45) is 5.78. The van der Waals surface area contributed by atoms with Crippen LogP contribution in [0.5, 0.6) is 0 Å². The van der Waals surface area contributed by atoms with E-state index in [1.54, 1.807) is 18.1 Å². The summed E-state index contributed by atoms with van der Waals surface area (Å²) in [5, 5.41) is 2.98. The zero-order valence-corrected chi connectivity index (χ0v) is 12.6. The Bertz CT molecular complexity index is 532. The van der Waals surface area contributed by atoms with Crippen molar-refractivity contribution in [2.75, 3.05) is 0 Å². The summed E-state index contributed by atoms with van der Waals surface area (Å²) in [5.74, 6) is 0.878. The first-order chi connectivity index (χ1) is 10.0. The summed E-state index contributed by atoms with van der Waals surface area (Å²) in [6, 6.07) is 3.27. The average Bonchev–Trinajstić information content (AvgIpc) is 3.09. The van der Waals surface area contributed by atoms with Crippen LogP contribution < -0.4 is 5.32 Å². The van der Waals surface area contributed by atoms with Crippen molar-refractivity contribution in [1.29, 1.82) is 0 Å². The number of furan rings is 1. The van der Waals surface area contributed by atoms with Crippen molar-refractivity contribution in [2.24, 2.45) is 0 Å². The molecule has 3 rings (SSSR count). The molecule has 1 saturated heterocycles. The predicted molar refractivity (Wildman–Crippen MR) is 77.5 cm³/mol. The Morgan fingerprint density at radius 2 is 2.14 bits per heavy atom. The topological polar surface area (TPSA) is 62.6 Å². The number of piperazine rings is 1. The van der Waals surface area contributed by atoms with E-state index in [4.69, 9.17) is 4.42 Å². The number of nitrogens with one attached hydrogen (secondary N) is 1. The molecular weight excluding hydrogens is 268 g/mol. The van der Waals surface area contributed by atoms with E-state index in [1.165, 1.54) is 0 Å². The van der Waals surface area contributed by atoms with E-state index in [2.05, 4.69) is 5.32 Å². The molecule has 21 heavy (non-hydrogen) atoms. The molecule has 1 N–H and O–H groups in total. The molecule has 2 fully saturated rings. The van der Waals surface area contributed by atoms with E-state index in [0.29, 0.717) is 6.42 Å². The van der Waals surface area contributed by atoms with Gasteiger partial charge in [-0.05, 0) is 38.8 Å². The Kier molecular flexibility index (Phi) is 3.51. The standard InChI is InChI=1S/C16H22N2O3/c1-11(10-13-6-5-9-21-13)18-12(2)14(19)17-16(15(18)20)7-3-4-8-16/h5-6,9,11-12H,3-4,7-8,10H2,1-2H3,(H,17,19). The third-order valence-corrected chi connectivity index (χ3v) is 4.81. The molecule has 1 saturated carbocycles. The van der Waals surface area contributed by atoms with Gasteiger partial charge in [0.2, 0.25) is 11.8 Å². The van der Waals surface area contributed by atoms with E-state index >= 15 is 0 Å². The molecular formula is C16H22N2O3. The minimum absolute atomic E-state index is 0.0391. The van der Waals surface area contributed by atoms with E-state index < -0.39 is 11.6 Å². The SMILES string of the molecule is CC(Cc1ccco1)N1C(=O)C2(CCCC2)NC(=O)C1C. The molecule has 5 heteroatoms. The molecule has 1 aliphatic carbocycles. The number of nitrogens with zero attached hydrogens (tertiary/aromatic N) is 1. The van der Waals surface area contributed by atoms with E-state index in [-0.39, 0.29) is 17.9 Å². The molecule has 1 aromatic heterocycles. The third-order valence-electron chi connectivity index (χ3n) is 4.81. The van der Waals surface area contributed by atoms with E-state index in [0.717, 1.165) is 31.4 Å². The Morgan fingerprint density at radius 1 is 1.43 bits per heavy atom. The quantitative estimate of drug-likeness (QED) is 0.924. The van der Waals surface area contributed by atoms with Crippen molar-refractivity contribution >= 4 is 11.8 Å². The maximum Gasteiger partial charge on any atom is 0.249 e. The number of carbonyl (C=O) groups is 2. The van der Waals surface area contributed by atoms with Crippen molar-refractivity contribution < 1.29 is 14.0 Å². The normalized spacial score (nSPS) is 26.2. The number of hydrogen-bond acceptors (Lipinski definition) is 3. The summed E-state index contributed by atoms with van der Waals surface area (Å²) in [4.78, 5) is 27.0. The molecule has 1 aliphatic heterocycles. The van der Waals surface area contributed by atoms with Gasteiger partial charge in [-0.1, -0.05) is 12.8 Å². The van der Waals surface area contributed by atoms with Crippen molar-refractivity contribution in [3.05, 3.63) is 24.2 Å². The van der Waals surface area contributed by atoms with Crippen LogP contribution in [-0.2, 0) is 16.0 Å². The first kappa shape index (κ1) is 14.2. The molecule has 2 heterocycles. The highest BCUT2D eigenvalue weighted by atomic mass is 16.3. The van der Waals surface area contributed by atoms with Crippen LogP contribution in [0, 0.1) is 0 Å². The molecule has 1 aromatic rings. The molecule has 1 spiro atoms. The Labute approximate surface area is 124 Å². The number of rotatable bonds is 3. The van der Waals surface area contributed by atoms with Crippen LogP contribution in [0.1, 0.15) is 45.3 Å². The maximum absolute atomic E-state index is 13.0. The Morgan fingerprint density at radius 3 is 2.76 bits per heavy atom. The molecule has 2 amide bonds. The number of hydrogen-bond donors (Lipinski definition) is 1. The fourth-order valence-electron chi connectivity index (χ4n) is 3.66. The second-order valence-electron chi connectivity index (χ2n) is 6.30. The zero-order chi connectivity index (χ0) is 15.0. The van der Waals surface area contributed by atoms with Crippen LogP contribution in [0.3, 0.4) is 0 Å². The Hall–Kier alpha value is -1.78. The van der Waals surface area contributed by atoms with Crippen LogP contribution >= 0.6 is 0 Å². The fraction of sp³-hybridized carbons (Fsp3) is 0.625. The van der Waals surface area contributed by atoms with Crippen LogP contribution in [0.25, 0.3) is 0 Å². The van der Waals surface area contributed by atoms with Gasteiger partial charge in [0.05, 0.1) is 6.26 Å². The molecule has 0 bridgehead atoms. The lowest BCUT2D eigenvalue weighted by atomic mass is 9.89. The highest BCUT2D eigenvalue weighted by molar-refractivity contribution is 6.00. The van der Waals surface area contributed by atoms with Crippen LogP contribution in [0.15, 0.2) is 22.8 Å². The molecule has 5 nitrogen and oxygen atoms in total. The molecule has 2 aliphatic rings. The molecule has 2 atom stereocenters. The van der Waals surface area contributed by atoms with Crippen molar-refractivity contribution in [1.82, 2.24) is 10.2 Å².